The maximum Gasteiger partial charge on any atom is 0.228 e. The summed E-state index contributed by atoms with van der Waals surface area (Å²) in [6, 6.07) is 11.0. The van der Waals surface area contributed by atoms with Crippen molar-refractivity contribution in [1.29, 1.82) is 0 Å². The number of hydrogen-bond acceptors (Lipinski definition) is 3. The van der Waals surface area contributed by atoms with Crippen LogP contribution in [0.2, 0.25) is 5.02 Å². The minimum absolute atomic E-state index is 0.0669. The fraction of sp³-hybridized carbons (Fsp3) is 0.300. The van der Waals surface area contributed by atoms with Gasteiger partial charge in [-0.3, -0.25) is 9.59 Å². The Morgan fingerprint density at radius 1 is 1.04 bits per heavy atom. The molecule has 1 saturated carbocycles. The maximum atomic E-state index is 13.2. The first-order chi connectivity index (χ1) is 12.8. The second-order valence-corrected chi connectivity index (χ2v) is 7.15. The number of carbonyl (C=O) groups excluding carboxylic acids is 2. The van der Waals surface area contributed by atoms with Crippen LogP contribution in [0.3, 0.4) is 0 Å². The number of rotatable bonds is 6. The molecule has 2 aromatic carbocycles. The minimum atomic E-state index is -0.553. The van der Waals surface area contributed by atoms with Gasteiger partial charge in [0.1, 0.15) is 11.6 Å². The van der Waals surface area contributed by atoms with Crippen molar-refractivity contribution >= 4 is 34.8 Å². The van der Waals surface area contributed by atoms with Gasteiger partial charge in [0.2, 0.25) is 11.8 Å². The van der Waals surface area contributed by atoms with Gasteiger partial charge in [0.05, 0.1) is 23.0 Å². The first-order valence-electron chi connectivity index (χ1n) is 8.67. The summed E-state index contributed by atoms with van der Waals surface area (Å²) in [5.41, 5.74) is 1.05. The molecule has 0 saturated heterocycles. The zero-order valence-electron chi connectivity index (χ0n) is 15.0. The van der Waals surface area contributed by atoms with Crippen molar-refractivity contribution < 1.29 is 18.7 Å². The zero-order chi connectivity index (χ0) is 19.6. The van der Waals surface area contributed by atoms with Crippen molar-refractivity contribution in [1.82, 2.24) is 0 Å². The lowest BCUT2D eigenvalue weighted by atomic mass is 10.2. The molecule has 2 unspecified atom stereocenters. The summed E-state index contributed by atoms with van der Waals surface area (Å²) in [7, 11) is 0. The normalized spacial score (nSPS) is 18.1. The summed E-state index contributed by atoms with van der Waals surface area (Å²) in [4.78, 5) is 24.6. The van der Waals surface area contributed by atoms with Crippen LogP contribution in [0.1, 0.15) is 20.3 Å². The molecule has 1 aliphatic carbocycles. The largest absolute Gasteiger partial charge is 0.491 e. The van der Waals surface area contributed by atoms with Crippen LogP contribution in [0.5, 0.6) is 5.75 Å². The molecule has 1 fully saturated rings. The zero-order valence-corrected chi connectivity index (χ0v) is 15.7. The van der Waals surface area contributed by atoms with E-state index in [0.717, 1.165) is 5.75 Å². The molecule has 27 heavy (non-hydrogen) atoms. The summed E-state index contributed by atoms with van der Waals surface area (Å²) in [6.45, 7) is 3.88. The van der Waals surface area contributed by atoms with E-state index in [1.807, 2.05) is 13.8 Å². The molecule has 0 heterocycles. The standard InChI is InChI=1S/C20H20ClFN2O3/c1-11(2)27-14-6-3-12(4-7-14)23-19(25)15-10-16(15)20(26)24-13-5-8-18(22)17(21)9-13/h3-9,11,15-16H,10H2,1-2H3,(H,23,25)(H,24,26). The summed E-state index contributed by atoms with van der Waals surface area (Å²) in [6.07, 6.45) is 0.549. The van der Waals surface area contributed by atoms with E-state index in [2.05, 4.69) is 10.6 Å². The van der Waals surface area contributed by atoms with E-state index in [1.165, 1.54) is 18.2 Å². The number of amides is 2. The molecule has 0 spiro atoms. The van der Waals surface area contributed by atoms with E-state index in [-0.39, 0.29) is 28.9 Å². The molecule has 7 heteroatoms. The Balaban J connectivity index is 1.52. The summed E-state index contributed by atoms with van der Waals surface area (Å²) < 4.78 is 18.7. The number of anilines is 2. The molecule has 3 rings (SSSR count). The SMILES string of the molecule is CC(C)Oc1ccc(NC(=O)C2CC2C(=O)Nc2ccc(F)c(Cl)c2)cc1. The monoisotopic (exact) mass is 390 g/mol. The van der Waals surface area contributed by atoms with Crippen LogP contribution >= 0.6 is 11.6 Å². The molecular weight excluding hydrogens is 371 g/mol. The Bertz CT molecular complexity index is 855. The third kappa shape index (κ3) is 4.98. The Hall–Kier alpha value is -2.60. The van der Waals surface area contributed by atoms with Crippen molar-refractivity contribution in [3.05, 3.63) is 53.3 Å². The van der Waals surface area contributed by atoms with Crippen molar-refractivity contribution in [3.8, 4) is 5.75 Å². The molecule has 0 radical (unpaired) electrons. The Kier molecular flexibility index (Phi) is 5.65. The molecular formula is C20H20ClFN2O3. The number of hydrogen-bond donors (Lipinski definition) is 2. The highest BCUT2D eigenvalue weighted by molar-refractivity contribution is 6.31. The number of halogens is 2. The van der Waals surface area contributed by atoms with Gasteiger partial charge in [0.25, 0.3) is 0 Å². The first-order valence-corrected chi connectivity index (χ1v) is 9.05. The lowest BCUT2D eigenvalue weighted by Gasteiger charge is -2.10. The fourth-order valence-electron chi connectivity index (χ4n) is 2.71. The van der Waals surface area contributed by atoms with Crippen molar-refractivity contribution in [2.45, 2.75) is 26.4 Å². The van der Waals surface area contributed by atoms with Crippen molar-refractivity contribution in [2.24, 2.45) is 11.8 Å². The van der Waals surface area contributed by atoms with Crippen LogP contribution in [0.25, 0.3) is 0 Å². The van der Waals surface area contributed by atoms with Gasteiger partial charge in [-0.2, -0.15) is 0 Å². The van der Waals surface area contributed by atoms with Gasteiger partial charge in [-0.05, 0) is 62.7 Å². The topological polar surface area (TPSA) is 67.4 Å². The molecule has 0 bridgehead atoms. The van der Waals surface area contributed by atoms with Crippen molar-refractivity contribution in [3.63, 3.8) is 0 Å². The summed E-state index contributed by atoms with van der Waals surface area (Å²) >= 11 is 5.70. The minimum Gasteiger partial charge on any atom is -0.491 e. The smallest absolute Gasteiger partial charge is 0.228 e. The highest BCUT2D eigenvalue weighted by Gasteiger charge is 2.48. The van der Waals surface area contributed by atoms with E-state index in [0.29, 0.717) is 17.8 Å². The van der Waals surface area contributed by atoms with Gasteiger partial charge < -0.3 is 15.4 Å². The Morgan fingerprint density at radius 2 is 1.59 bits per heavy atom. The van der Waals surface area contributed by atoms with E-state index in [1.54, 1.807) is 24.3 Å². The predicted octanol–water partition coefficient (Wildman–Crippen LogP) is 4.48. The van der Waals surface area contributed by atoms with Crippen LogP contribution in [0, 0.1) is 17.7 Å². The third-order valence-corrected chi connectivity index (χ3v) is 4.43. The van der Waals surface area contributed by atoms with E-state index < -0.39 is 11.7 Å². The molecule has 142 valence electrons. The summed E-state index contributed by atoms with van der Waals surface area (Å²) in [5, 5.41) is 5.40. The highest BCUT2D eigenvalue weighted by atomic mass is 35.5. The fourth-order valence-corrected chi connectivity index (χ4v) is 2.89. The van der Waals surface area contributed by atoms with E-state index in [4.69, 9.17) is 16.3 Å². The molecule has 5 nitrogen and oxygen atoms in total. The van der Waals surface area contributed by atoms with Gasteiger partial charge in [-0.15, -0.1) is 0 Å². The lowest BCUT2D eigenvalue weighted by molar-refractivity contribution is -0.122. The summed E-state index contributed by atoms with van der Waals surface area (Å²) in [5.74, 6) is -1.10. The van der Waals surface area contributed by atoms with Crippen LogP contribution in [-0.2, 0) is 9.59 Å². The molecule has 0 aromatic heterocycles. The Morgan fingerprint density at radius 3 is 2.15 bits per heavy atom. The maximum absolute atomic E-state index is 13.2. The van der Waals surface area contributed by atoms with Crippen LogP contribution < -0.4 is 15.4 Å². The quantitative estimate of drug-likeness (QED) is 0.764. The van der Waals surface area contributed by atoms with Gasteiger partial charge in [-0.25, -0.2) is 4.39 Å². The second kappa shape index (κ2) is 7.96. The van der Waals surface area contributed by atoms with Crippen LogP contribution in [0.4, 0.5) is 15.8 Å². The van der Waals surface area contributed by atoms with Crippen molar-refractivity contribution in [2.75, 3.05) is 10.6 Å². The average Bonchev–Trinajstić information content (AvgIpc) is 3.40. The van der Waals surface area contributed by atoms with Gasteiger partial charge >= 0.3 is 0 Å². The van der Waals surface area contributed by atoms with E-state index >= 15 is 0 Å². The predicted molar refractivity (Wildman–Crippen MR) is 102 cm³/mol. The lowest BCUT2D eigenvalue weighted by Crippen LogP contribution is -2.20. The van der Waals surface area contributed by atoms with Gasteiger partial charge in [0.15, 0.2) is 0 Å². The third-order valence-electron chi connectivity index (χ3n) is 4.14. The molecule has 0 aliphatic heterocycles. The number of ether oxygens (including phenoxy) is 1. The van der Waals surface area contributed by atoms with Gasteiger partial charge in [-0.1, -0.05) is 11.6 Å². The number of benzene rings is 2. The Labute approximate surface area is 161 Å². The van der Waals surface area contributed by atoms with Gasteiger partial charge in [0, 0.05) is 11.4 Å². The molecule has 2 amide bonds. The average molecular weight is 391 g/mol. The number of nitrogens with one attached hydrogen (secondary N) is 2. The molecule has 2 N–H and O–H groups in total. The van der Waals surface area contributed by atoms with Crippen LogP contribution in [-0.4, -0.2) is 17.9 Å². The number of carbonyl (C=O) groups is 2. The second-order valence-electron chi connectivity index (χ2n) is 6.75. The highest BCUT2D eigenvalue weighted by Crippen LogP contribution is 2.40. The first kappa shape index (κ1) is 19.2. The van der Waals surface area contributed by atoms with E-state index in [9.17, 15) is 14.0 Å². The molecule has 1 aliphatic rings. The van der Waals surface area contributed by atoms with Crippen LogP contribution in [0.15, 0.2) is 42.5 Å². The molecule has 2 aromatic rings. The molecule has 2 atom stereocenters.